The number of nitrogens with zero attached hydrogens (tertiary/aromatic N) is 1. The van der Waals surface area contributed by atoms with Gasteiger partial charge >= 0.3 is 12.1 Å². The summed E-state index contributed by atoms with van der Waals surface area (Å²) < 4.78 is 11.7. The van der Waals surface area contributed by atoms with Crippen molar-refractivity contribution in [2.24, 2.45) is 17.6 Å². The maximum atomic E-state index is 15.0. The second-order valence-electron chi connectivity index (χ2n) is 12.5. The zero-order valence-electron chi connectivity index (χ0n) is 25.4. The van der Waals surface area contributed by atoms with E-state index >= 15 is 0 Å². The number of amides is 2. The van der Waals surface area contributed by atoms with Crippen molar-refractivity contribution in [2.45, 2.75) is 70.1 Å². The molecule has 4 unspecified atom stereocenters. The van der Waals surface area contributed by atoms with Gasteiger partial charge in [0.25, 0.3) is 0 Å². The molecule has 10 nitrogen and oxygen atoms in total. The van der Waals surface area contributed by atoms with Gasteiger partial charge in [-0.1, -0.05) is 61.5 Å². The summed E-state index contributed by atoms with van der Waals surface area (Å²) in [6.45, 7) is 7.50. The van der Waals surface area contributed by atoms with Gasteiger partial charge in [-0.2, -0.15) is 0 Å². The monoisotopic (exact) mass is 593 g/mol. The number of hydrogen-bond acceptors (Lipinski definition) is 8. The summed E-state index contributed by atoms with van der Waals surface area (Å²) in [6, 6.07) is 15.2. The number of hydrogen-bond donors (Lipinski definition) is 3. The first-order chi connectivity index (χ1) is 20.4. The van der Waals surface area contributed by atoms with E-state index in [1.165, 1.54) is 0 Å². The van der Waals surface area contributed by atoms with Gasteiger partial charge < -0.3 is 25.6 Å². The number of imide groups is 1. The Morgan fingerprint density at radius 1 is 1.05 bits per heavy atom. The molecular formula is C33H43N3O7. The molecule has 0 radical (unpaired) electrons. The van der Waals surface area contributed by atoms with Crippen molar-refractivity contribution in [2.75, 3.05) is 26.2 Å². The third-order valence-corrected chi connectivity index (χ3v) is 8.46. The Hall–Kier alpha value is -3.60. The molecule has 2 aromatic carbocycles. The van der Waals surface area contributed by atoms with Gasteiger partial charge in [0.1, 0.15) is 11.6 Å². The van der Waals surface area contributed by atoms with Crippen LogP contribution in [0.15, 0.2) is 54.6 Å². The standard InChI is InChI=1S/C33H43N3O7/c1-21(18-34)29(38)36(31(41)43-32(2,3)4)25(20-42-19-22-10-6-5-7-11-22)28(37)27-26(30(39)40)23-12-8-9-13-24(23)33(27)14-16-35-17-15-33/h5-13,21,25-27,35H,14-20,34H2,1-4H3,(H,39,40). The Kier molecular flexibility index (Phi) is 10.0. The fourth-order valence-corrected chi connectivity index (χ4v) is 6.43. The highest BCUT2D eigenvalue weighted by molar-refractivity contribution is 6.03. The first-order valence-electron chi connectivity index (χ1n) is 14.9. The van der Waals surface area contributed by atoms with E-state index in [1.807, 2.05) is 42.5 Å². The zero-order chi connectivity index (χ0) is 31.4. The third-order valence-electron chi connectivity index (χ3n) is 8.46. The van der Waals surface area contributed by atoms with E-state index < -0.39 is 58.6 Å². The fourth-order valence-electron chi connectivity index (χ4n) is 6.43. The number of aliphatic carboxylic acids is 1. The molecule has 4 N–H and O–H groups in total. The van der Waals surface area contributed by atoms with E-state index in [0.717, 1.165) is 16.0 Å². The van der Waals surface area contributed by atoms with Crippen molar-refractivity contribution in [1.29, 1.82) is 0 Å². The number of benzene rings is 2. The van der Waals surface area contributed by atoms with Crippen LogP contribution in [0.3, 0.4) is 0 Å². The summed E-state index contributed by atoms with van der Waals surface area (Å²) in [5.74, 6) is -5.35. The molecule has 0 saturated carbocycles. The molecule has 1 aliphatic heterocycles. The Bertz CT molecular complexity index is 1320. The highest BCUT2D eigenvalue weighted by Crippen LogP contribution is 2.56. The van der Waals surface area contributed by atoms with Gasteiger partial charge in [-0.3, -0.25) is 14.4 Å². The predicted molar refractivity (Wildman–Crippen MR) is 160 cm³/mol. The molecular weight excluding hydrogens is 550 g/mol. The number of Topliss-reactive ketones (excluding diaryl/α,β-unsaturated/α-hetero) is 1. The Labute approximate surface area is 252 Å². The van der Waals surface area contributed by atoms with E-state index in [1.54, 1.807) is 39.8 Å². The summed E-state index contributed by atoms with van der Waals surface area (Å²) in [5, 5.41) is 13.9. The maximum Gasteiger partial charge on any atom is 0.417 e. The predicted octanol–water partition coefficient (Wildman–Crippen LogP) is 3.62. The van der Waals surface area contributed by atoms with Crippen molar-refractivity contribution >= 4 is 23.8 Å². The van der Waals surface area contributed by atoms with Crippen LogP contribution in [-0.4, -0.2) is 71.6 Å². The molecule has 1 heterocycles. The molecule has 232 valence electrons. The van der Waals surface area contributed by atoms with Gasteiger partial charge in [-0.05, 0) is 63.4 Å². The van der Waals surface area contributed by atoms with Crippen molar-refractivity contribution in [3.8, 4) is 0 Å². The van der Waals surface area contributed by atoms with Crippen LogP contribution < -0.4 is 11.1 Å². The van der Waals surface area contributed by atoms with Crippen LogP contribution in [0, 0.1) is 11.8 Å². The molecule has 4 atom stereocenters. The van der Waals surface area contributed by atoms with E-state index in [2.05, 4.69) is 5.32 Å². The van der Waals surface area contributed by atoms with Crippen LogP contribution in [0.1, 0.15) is 63.1 Å². The number of ether oxygens (including phenoxy) is 2. The van der Waals surface area contributed by atoms with Crippen molar-refractivity contribution in [3.05, 3.63) is 71.3 Å². The highest BCUT2D eigenvalue weighted by Gasteiger charge is 2.59. The topological polar surface area (TPSA) is 148 Å². The Balaban J connectivity index is 1.83. The summed E-state index contributed by atoms with van der Waals surface area (Å²) in [6.07, 6.45) is 0.0594. The normalized spacial score (nSPS) is 20.6. The molecule has 1 fully saturated rings. The molecule has 1 saturated heterocycles. The van der Waals surface area contributed by atoms with Crippen molar-refractivity contribution < 1.29 is 33.8 Å². The van der Waals surface area contributed by atoms with Crippen LogP contribution in [0.5, 0.6) is 0 Å². The minimum atomic E-state index is -1.44. The van der Waals surface area contributed by atoms with E-state index in [4.69, 9.17) is 15.2 Å². The van der Waals surface area contributed by atoms with Gasteiger partial charge in [0.05, 0.1) is 19.1 Å². The lowest BCUT2D eigenvalue weighted by atomic mass is 9.64. The van der Waals surface area contributed by atoms with Gasteiger partial charge in [-0.15, -0.1) is 0 Å². The molecule has 10 heteroatoms. The fraction of sp³-hybridized carbons (Fsp3) is 0.515. The molecule has 1 spiro atoms. The van der Waals surface area contributed by atoms with Gasteiger partial charge in [0.15, 0.2) is 5.78 Å². The average molecular weight is 594 g/mol. The van der Waals surface area contributed by atoms with Crippen LogP contribution >= 0.6 is 0 Å². The van der Waals surface area contributed by atoms with Crippen molar-refractivity contribution in [3.63, 3.8) is 0 Å². The number of carbonyl (C=O) groups excluding carboxylic acids is 3. The number of nitrogens with one attached hydrogen (secondary N) is 1. The van der Waals surface area contributed by atoms with E-state index in [9.17, 15) is 24.3 Å². The summed E-state index contributed by atoms with van der Waals surface area (Å²) >= 11 is 0. The summed E-state index contributed by atoms with van der Waals surface area (Å²) in [5.41, 5.74) is 6.34. The Morgan fingerprint density at radius 3 is 2.28 bits per heavy atom. The number of carboxylic acids is 1. The van der Waals surface area contributed by atoms with Gasteiger partial charge in [0, 0.05) is 23.8 Å². The molecule has 0 bridgehead atoms. The largest absolute Gasteiger partial charge is 0.481 e. The lowest BCUT2D eigenvalue weighted by molar-refractivity contribution is -0.150. The lowest BCUT2D eigenvalue weighted by Crippen LogP contribution is -2.58. The third kappa shape index (κ3) is 6.82. The molecule has 4 rings (SSSR count). The van der Waals surface area contributed by atoms with Gasteiger partial charge in [0.2, 0.25) is 5.91 Å². The minimum absolute atomic E-state index is 0.0634. The first kappa shape index (κ1) is 32.3. The number of carbonyl (C=O) groups is 4. The number of ketones is 1. The smallest absolute Gasteiger partial charge is 0.417 e. The summed E-state index contributed by atoms with van der Waals surface area (Å²) in [7, 11) is 0. The zero-order valence-corrected chi connectivity index (χ0v) is 25.4. The molecule has 43 heavy (non-hydrogen) atoms. The Morgan fingerprint density at radius 2 is 1.67 bits per heavy atom. The maximum absolute atomic E-state index is 15.0. The van der Waals surface area contributed by atoms with Gasteiger partial charge in [-0.25, -0.2) is 9.69 Å². The number of piperidine rings is 1. The van der Waals surface area contributed by atoms with E-state index in [-0.39, 0.29) is 19.8 Å². The number of carboxylic acid groups (broad SMARTS) is 1. The number of rotatable bonds is 10. The SMILES string of the molecule is CC(CN)C(=O)N(C(=O)OC(C)(C)C)C(COCc1ccccc1)C(=O)C1C(C(=O)O)c2ccccc2C12CCNCC2. The number of nitrogens with two attached hydrogens (primary N) is 1. The second kappa shape index (κ2) is 13.4. The molecule has 2 aromatic rings. The molecule has 1 aliphatic carbocycles. The lowest BCUT2D eigenvalue weighted by Gasteiger charge is -2.42. The van der Waals surface area contributed by atoms with Crippen LogP contribution in [-0.2, 0) is 35.9 Å². The number of fused-ring (bicyclic) bond motifs is 2. The highest BCUT2D eigenvalue weighted by atomic mass is 16.6. The molecule has 0 aromatic heterocycles. The molecule has 2 aliphatic rings. The average Bonchev–Trinajstić information content (AvgIpc) is 3.25. The minimum Gasteiger partial charge on any atom is -0.481 e. The second-order valence-corrected chi connectivity index (χ2v) is 12.5. The molecule has 2 amide bonds. The van der Waals surface area contributed by atoms with Crippen LogP contribution in [0.25, 0.3) is 0 Å². The first-order valence-corrected chi connectivity index (χ1v) is 14.9. The van der Waals surface area contributed by atoms with E-state index in [0.29, 0.717) is 31.5 Å². The van der Waals surface area contributed by atoms with Crippen molar-refractivity contribution in [1.82, 2.24) is 10.2 Å². The van der Waals surface area contributed by atoms with Crippen LogP contribution in [0.4, 0.5) is 4.79 Å². The van der Waals surface area contributed by atoms with Crippen LogP contribution in [0.2, 0.25) is 0 Å². The summed E-state index contributed by atoms with van der Waals surface area (Å²) in [4.78, 5) is 56.3. The quantitative estimate of drug-likeness (QED) is 0.376.